The fraction of sp³-hybridized carbons (Fsp3) is 0.368. The van der Waals surface area contributed by atoms with Crippen LogP contribution in [0, 0.1) is 11.3 Å². The minimum absolute atomic E-state index is 0.130. The first-order valence-corrected chi connectivity index (χ1v) is 7.99. The van der Waals surface area contributed by atoms with Gasteiger partial charge in [-0.25, -0.2) is 0 Å². The van der Waals surface area contributed by atoms with Gasteiger partial charge < -0.3 is 14.4 Å². The number of aliphatic hydroxyl groups is 1. The Balaban J connectivity index is 2.27. The molecule has 1 aliphatic heterocycles. The van der Waals surface area contributed by atoms with Crippen molar-refractivity contribution in [2.45, 2.75) is 44.9 Å². The number of pyridine rings is 1. The second-order valence-corrected chi connectivity index (χ2v) is 6.55. The highest BCUT2D eigenvalue weighted by Crippen LogP contribution is 2.43. The second kappa shape index (κ2) is 5.81. The van der Waals surface area contributed by atoms with E-state index in [1.54, 1.807) is 48.9 Å². The van der Waals surface area contributed by atoms with Gasteiger partial charge in [0.25, 0.3) is 5.56 Å². The maximum atomic E-state index is 12.8. The Labute approximate surface area is 140 Å². The third-order valence-corrected chi connectivity index (χ3v) is 4.60. The highest BCUT2D eigenvalue weighted by molar-refractivity contribution is 5.50. The molecular weight excluding hydrogens is 304 g/mol. The SMILES string of the molecule is CCn1cccc(C2c3cc(C#N)ccc3OC(C)(C)C2O)c1=O. The quantitative estimate of drug-likeness (QED) is 0.920. The van der Waals surface area contributed by atoms with Crippen molar-refractivity contribution in [1.82, 2.24) is 4.57 Å². The van der Waals surface area contributed by atoms with Gasteiger partial charge in [0.1, 0.15) is 17.5 Å². The van der Waals surface area contributed by atoms with Gasteiger partial charge in [-0.2, -0.15) is 5.26 Å². The monoisotopic (exact) mass is 324 g/mol. The van der Waals surface area contributed by atoms with Gasteiger partial charge in [0, 0.05) is 29.8 Å². The lowest BCUT2D eigenvalue weighted by atomic mass is 9.77. The Bertz CT molecular complexity index is 877. The van der Waals surface area contributed by atoms with Crippen LogP contribution in [-0.4, -0.2) is 21.4 Å². The minimum atomic E-state index is -0.903. The third kappa shape index (κ3) is 2.49. The fourth-order valence-electron chi connectivity index (χ4n) is 3.25. The number of fused-ring (bicyclic) bond motifs is 1. The van der Waals surface area contributed by atoms with Crippen LogP contribution in [-0.2, 0) is 6.54 Å². The molecule has 2 aromatic rings. The van der Waals surface area contributed by atoms with Crippen molar-refractivity contribution in [3.05, 3.63) is 63.6 Å². The van der Waals surface area contributed by atoms with E-state index in [-0.39, 0.29) is 5.56 Å². The van der Waals surface area contributed by atoms with E-state index >= 15 is 0 Å². The van der Waals surface area contributed by atoms with Gasteiger partial charge in [-0.15, -0.1) is 0 Å². The molecule has 0 aliphatic carbocycles. The van der Waals surface area contributed by atoms with E-state index < -0.39 is 17.6 Å². The van der Waals surface area contributed by atoms with E-state index in [1.165, 1.54) is 0 Å². The van der Waals surface area contributed by atoms with Crippen LogP contribution >= 0.6 is 0 Å². The number of benzene rings is 1. The largest absolute Gasteiger partial charge is 0.485 e. The van der Waals surface area contributed by atoms with Crippen LogP contribution in [0.25, 0.3) is 0 Å². The van der Waals surface area contributed by atoms with Gasteiger partial charge >= 0.3 is 0 Å². The molecule has 0 radical (unpaired) electrons. The van der Waals surface area contributed by atoms with Crippen molar-refractivity contribution in [2.24, 2.45) is 0 Å². The normalized spacial score (nSPS) is 21.5. The first-order valence-electron chi connectivity index (χ1n) is 7.99. The molecule has 0 bridgehead atoms. The average Bonchev–Trinajstić information content (AvgIpc) is 2.56. The Morgan fingerprint density at radius 1 is 1.33 bits per heavy atom. The highest BCUT2D eigenvalue weighted by Gasteiger charge is 2.44. The second-order valence-electron chi connectivity index (χ2n) is 6.55. The Hall–Kier alpha value is -2.58. The molecule has 0 saturated heterocycles. The van der Waals surface area contributed by atoms with Crippen molar-refractivity contribution in [3.8, 4) is 11.8 Å². The molecule has 0 saturated carbocycles. The molecule has 5 nitrogen and oxygen atoms in total. The van der Waals surface area contributed by atoms with Crippen molar-refractivity contribution >= 4 is 0 Å². The molecule has 2 unspecified atom stereocenters. The summed E-state index contributed by atoms with van der Waals surface area (Å²) in [6.07, 6.45) is 0.828. The summed E-state index contributed by atoms with van der Waals surface area (Å²) in [5.41, 5.74) is 0.688. The number of hydrogen-bond donors (Lipinski definition) is 1. The van der Waals surface area contributed by atoms with E-state index in [9.17, 15) is 15.2 Å². The molecule has 1 aromatic heterocycles. The van der Waals surface area contributed by atoms with Crippen LogP contribution in [0.15, 0.2) is 41.3 Å². The fourth-order valence-corrected chi connectivity index (χ4v) is 3.25. The number of ether oxygens (including phenoxy) is 1. The van der Waals surface area contributed by atoms with Crippen LogP contribution < -0.4 is 10.3 Å². The Kier molecular flexibility index (Phi) is 3.94. The molecule has 1 N–H and O–H groups in total. The molecule has 2 atom stereocenters. The predicted octanol–water partition coefficient (Wildman–Crippen LogP) is 2.40. The first-order chi connectivity index (χ1) is 11.4. The zero-order valence-electron chi connectivity index (χ0n) is 14.0. The van der Waals surface area contributed by atoms with Gasteiger partial charge in [0.2, 0.25) is 0 Å². The van der Waals surface area contributed by atoms with E-state index in [0.717, 1.165) is 0 Å². The molecule has 0 fully saturated rings. The summed E-state index contributed by atoms with van der Waals surface area (Å²) in [6.45, 7) is 6.05. The van der Waals surface area contributed by atoms with Crippen LogP contribution in [0.3, 0.4) is 0 Å². The van der Waals surface area contributed by atoms with Gasteiger partial charge in [0.15, 0.2) is 0 Å². The number of aryl methyl sites for hydroxylation is 1. The standard InChI is InChI=1S/C19H20N2O3/c1-4-21-9-5-6-13(18(21)23)16-14-10-12(11-20)7-8-15(14)24-19(2,3)17(16)22/h5-10,16-17,22H,4H2,1-3H3. The maximum Gasteiger partial charge on any atom is 0.254 e. The smallest absolute Gasteiger partial charge is 0.254 e. The number of nitriles is 1. The molecule has 24 heavy (non-hydrogen) atoms. The van der Waals surface area contributed by atoms with Crippen molar-refractivity contribution in [2.75, 3.05) is 0 Å². The lowest BCUT2D eigenvalue weighted by Crippen LogP contribution is -2.50. The summed E-state index contributed by atoms with van der Waals surface area (Å²) < 4.78 is 7.52. The number of aromatic nitrogens is 1. The molecule has 0 spiro atoms. The molecule has 124 valence electrons. The highest BCUT2D eigenvalue weighted by atomic mass is 16.5. The van der Waals surface area contributed by atoms with Gasteiger partial charge in [-0.1, -0.05) is 6.07 Å². The van der Waals surface area contributed by atoms with E-state index in [2.05, 4.69) is 6.07 Å². The Morgan fingerprint density at radius 2 is 2.08 bits per heavy atom. The summed E-state index contributed by atoms with van der Waals surface area (Å²) >= 11 is 0. The van der Waals surface area contributed by atoms with Crippen molar-refractivity contribution in [3.63, 3.8) is 0 Å². The van der Waals surface area contributed by atoms with Gasteiger partial charge in [0.05, 0.1) is 11.6 Å². The summed E-state index contributed by atoms with van der Waals surface area (Å²) in [5, 5.41) is 20.1. The summed E-state index contributed by atoms with van der Waals surface area (Å²) in [6, 6.07) is 10.8. The maximum absolute atomic E-state index is 12.8. The molecule has 0 amide bonds. The molecule has 2 heterocycles. The van der Waals surface area contributed by atoms with Gasteiger partial charge in [-0.05, 0) is 45.0 Å². The third-order valence-electron chi connectivity index (χ3n) is 4.60. The molecule has 1 aromatic carbocycles. The summed E-state index contributed by atoms with van der Waals surface area (Å²) in [4.78, 5) is 12.8. The molecule has 5 heteroatoms. The lowest BCUT2D eigenvalue weighted by molar-refractivity contribution is -0.0514. The number of rotatable bonds is 2. The number of hydrogen-bond acceptors (Lipinski definition) is 4. The minimum Gasteiger partial charge on any atom is -0.485 e. The van der Waals surface area contributed by atoms with E-state index in [4.69, 9.17) is 4.74 Å². The predicted molar refractivity (Wildman–Crippen MR) is 90.1 cm³/mol. The zero-order valence-corrected chi connectivity index (χ0v) is 14.0. The summed E-state index contributed by atoms with van der Waals surface area (Å²) in [7, 11) is 0. The Morgan fingerprint density at radius 3 is 2.75 bits per heavy atom. The zero-order chi connectivity index (χ0) is 17.5. The van der Waals surface area contributed by atoms with Crippen LogP contribution in [0.4, 0.5) is 0 Å². The van der Waals surface area contributed by atoms with E-state index in [1.807, 2.05) is 13.0 Å². The first kappa shape index (κ1) is 16.3. The number of nitrogens with zero attached hydrogens (tertiary/aromatic N) is 2. The van der Waals surface area contributed by atoms with Crippen molar-refractivity contribution < 1.29 is 9.84 Å². The van der Waals surface area contributed by atoms with Crippen LogP contribution in [0.1, 0.15) is 43.4 Å². The average molecular weight is 324 g/mol. The molecular formula is C19H20N2O3. The molecule has 1 aliphatic rings. The summed E-state index contributed by atoms with van der Waals surface area (Å²) in [5.74, 6) is 0.0594. The topological polar surface area (TPSA) is 75.2 Å². The lowest BCUT2D eigenvalue weighted by Gasteiger charge is -2.42. The molecule has 3 rings (SSSR count). The van der Waals surface area contributed by atoms with Crippen LogP contribution in [0.5, 0.6) is 5.75 Å². The van der Waals surface area contributed by atoms with E-state index in [0.29, 0.717) is 29.0 Å². The number of aliphatic hydroxyl groups excluding tert-OH is 1. The van der Waals surface area contributed by atoms with Gasteiger partial charge in [-0.3, -0.25) is 4.79 Å². The van der Waals surface area contributed by atoms with Crippen molar-refractivity contribution in [1.29, 1.82) is 5.26 Å². The van der Waals surface area contributed by atoms with Crippen LogP contribution in [0.2, 0.25) is 0 Å².